The van der Waals surface area contributed by atoms with Crippen LogP contribution in [-0.2, 0) is 0 Å². The molecule has 294 valence electrons. The Hall–Kier alpha value is -6.40. The van der Waals surface area contributed by atoms with Crippen molar-refractivity contribution in [2.75, 3.05) is 16.5 Å². The Morgan fingerprint density at radius 1 is 0.644 bits per heavy atom. The fraction of sp³-hybridized carbons (Fsp3) is 0.226. The van der Waals surface area contributed by atoms with Crippen LogP contribution in [-0.4, -0.2) is 16.2 Å². The Kier molecular flexibility index (Phi) is 9.24. The van der Waals surface area contributed by atoms with Gasteiger partial charge in [0.1, 0.15) is 29.8 Å². The molecule has 0 unspecified atom stereocenters. The first-order chi connectivity index (χ1) is 28.7. The van der Waals surface area contributed by atoms with Crippen molar-refractivity contribution in [2.45, 2.75) is 71.6 Å². The number of para-hydroxylation sites is 3. The van der Waals surface area contributed by atoms with Crippen LogP contribution >= 0.6 is 0 Å². The summed E-state index contributed by atoms with van der Waals surface area (Å²) >= 11 is 0. The zero-order valence-corrected chi connectivity index (χ0v) is 34.4. The summed E-state index contributed by atoms with van der Waals surface area (Å²) < 4.78 is 23.7. The zero-order chi connectivity index (χ0) is 40.4. The molecule has 8 aromatic rings. The quantitative estimate of drug-likeness (QED) is 0.146. The minimum atomic E-state index is -0.219. The molecule has 1 aliphatic carbocycles. The van der Waals surface area contributed by atoms with Gasteiger partial charge < -0.3 is 14.5 Å². The third-order valence-electron chi connectivity index (χ3n) is 12.4. The van der Waals surface area contributed by atoms with Gasteiger partial charge in [0.15, 0.2) is 0 Å². The van der Waals surface area contributed by atoms with E-state index in [0.29, 0.717) is 12.6 Å². The molecule has 0 amide bonds. The maximum atomic E-state index is 14.5. The van der Waals surface area contributed by atoms with Crippen molar-refractivity contribution in [3.05, 3.63) is 168 Å². The molecule has 1 saturated carbocycles. The van der Waals surface area contributed by atoms with Crippen molar-refractivity contribution in [3.8, 4) is 28.4 Å². The maximum Gasteiger partial charge on any atom is 0.137 e. The average molecular weight is 777 g/mol. The minimum absolute atomic E-state index is 0.219. The van der Waals surface area contributed by atoms with Crippen LogP contribution in [0.4, 0.5) is 27.1 Å². The van der Waals surface area contributed by atoms with Gasteiger partial charge in [0, 0.05) is 40.5 Å². The van der Waals surface area contributed by atoms with Gasteiger partial charge in [0.25, 0.3) is 0 Å². The minimum Gasteiger partial charge on any atom is -0.457 e. The second-order valence-corrected chi connectivity index (χ2v) is 17.0. The molecule has 59 heavy (non-hydrogen) atoms. The molecule has 2 aliphatic rings. The average Bonchev–Trinajstić information content (AvgIpc) is 3.75. The van der Waals surface area contributed by atoms with Crippen molar-refractivity contribution in [3.63, 3.8) is 0 Å². The largest absolute Gasteiger partial charge is 0.457 e. The molecule has 6 heteroatoms. The molecule has 3 heterocycles. The van der Waals surface area contributed by atoms with Gasteiger partial charge >= 0.3 is 0 Å². The van der Waals surface area contributed by atoms with Crippen LogP contribution in [0.25, 0.3) is 38.8 Å². The van der Waals surface area contributed by atoms with E-state index >= 15 is 0 Å². The molecule has 0 spiro atoms. The van der Waals surface area contributed by atoms with Crippen LogP contribution in [0.2, 0.25) is 0 Å². The highest BCUT2D eigenvalue weighted by molar-refractivity contribution is 6.09. The van der Waals surface area contributed by atoms with E-state index in [2.05, 4.69) is 152 Å². The summed E-state index contributed by atoms with van der Waals surface area (Å²) in [5.41, 5.74) is 13.8. The fourth-order valence-corrected chi connectivity index (χ4v) is 9.17. The number of ether oxygens (including phenoxy) is 1. The van der Waals surface area contributed by atoms with Crippen molar-refractivity contribution in [1.29, 1.82) is 0 Å². The summed E-state index contributed by atoms with van der Waals surface area (Å²) in [6, 6.07) is 46.3. The van der Waals surface area contributed by atoms with E-state index < -0.39 is 0 Å². The van der Waals surface area contributed by atoms with Gasteiger partial charge in [-0.2, -0.15) is 0 Å². The third-order valence-corrected chi connectivity index (χ3v) is 12.4. The number of anilines is 4. The van der Waals surface area contributed by atoms with Gasteiger partial charge in [0.2, 0.25) is 0 Å². The summed E-state index contributed by atoms with van der Waals surface area (Å²) in [5, 5.41) is 2.35. The summed E-state index contributed by atoms with van der Waals surface area (Å²) in [6.07, 6.45) is 5.51. The van der Waals surface area contributed by atoms with Crippen LogP contribution < -0.4 is 14.5 Å². The first kappa shape index (κ1) is 36.9. The lowest BCUT2D eigenvalue weighted by atomic mass is 9.80. The standard InChI is InChI=1S/C53H49FN4O/c1-33(2)46-28-39(37-14-11-15-40(54)25-37)29-47(34(3)4)53(46)57-32-56(49-18-8-9-19-50(49)57)41-26-38(36-12-10-13-36)27-43(30-41)59-42-20-21-45-44-16-6-7-17-48(44)58(51(45)31-42)52-24-35(5)22-23-55-52/h6-9,11,14-31,33-34,36H,10,12-13,32H2,1-5H3. The fourth-order valence-electron chi connectivity index (χ4n) is 9.17. The summed E-state index contributed by atoms with van der Waals surface area (Å²) in [7, 11) is 0. The zero-order valence-electron chi connectivity index (χ0n) is 34.4. The van der Waals surface area contributed by atoms with Crippen molar-refractivity contribution < 1.29 is 9.13 Å². The number of nitrogens with zero attached hydrogens (tertiary/aromatic N) is 4. The monoisotopic (exact) mass is 776 g/mol. The second kappa shape index (κ2) is 14.8. The molecule has 0 radical (unpaired) electrons. The van der Waals surface area contributed by atoms with Crippen LogP contribution in [0.5, 0.6) is 11.5 Å². The Morgan fingerprint density at radius 3 is 2.08 bits per heavy atom. The number of benzene rings is 6. The van der Waals surface area contributed by atoms with Gasteiger partial charge in [-0.25, -0.2) is 9.37 Å². The van der Waals surface area contributed by atoms with Gasteiger partial charge in [-0.3, -0.25) is 4.57 Å². The topological polar surface area (TPSA) is 33.5 Å². The smallest absolute Gasteiger partial charge is 0.137 e. The van der Waals surface area contributed by atoms with E-state index in [1.54, 1.807) is 12.1 Å². The van der Waals surface area contributed by atoms with Crippen LogP contribution in [0.15, 0.2) is 140 Å². The van der Waals surface area contributed by atoms with E-state index in [1.807, 2.05) is 18.3 Å². The number of hydrogen-bond donors (Lipinski definition) is 0. The van der Waals surface area contributed by atoms with Gasteiger partial charge in [-0.1, -0.05) is 76.6 Å². The molecule has 5 nitrogen and oxygen atoms in total. The molecular weight excluding hydrogens is 728 g/mol. The molecule has 10 rings (SSSR count). The predicted molar refractivity (Wildman–Crippen MR) is 242 cm³/mol. The number of aromatic nitrogens is 2. The van der Waals surface area contributed by atoms with E-state index in [1.165, 1.54) is 69.9 Å². The molecule has 1 aliphatic heterocycles. The molecule has 0 N–H and O–H groups in total. The molecule has 0 atom stereocenters. The number of fused-ring (bicyclic) bond motifs is 4. The number of pyridine rings is 1. The predicted octanol–water partition coefficient (Wildman–Crippen LogP) is 14.8. The van der Waals surface area contributed by atoms with E-state index in [-0.39, 0.29) is 17.7 Å². The lowest BCUT2D eigenvalue weighted by Gasteiger charge is -2.31. The Morgan fingerprint density at radius 2 is 1.37 bits per heavy atom. The molecule has 2 aromatic heterocycles. The molecule has 1 fully saturated rings. The number of halogens is 1. The lowest BCUT2D eigenvalue weighted by molar-refractivity contribution is 0.416. The van der Waals surface area contributed by atoms with Crippen LogP contribution in [0, 0.1) is 12.7 Å². The highest BCUT2D eigenvalue weighted by atomic mass is 19.1. The van der Waals surface area contributed by atoms with E-state index in [4.69, 9.17) is 9.72 Å². The summed E-state index contributed by atoms with van der Waals surface area (Å²) in [6.45, 7) is 11.8. The lowest BCUT2D eigenvalue weighted by Crippen LogP contribution is -2.26. The van der Waals surface area contributed by atoms with Crippen LogP contribution in [0.1, 0.15) is 87.0 Å². The van der Waals surface area contributed by atoms with Gasteiger partial charge in [-0.05, 0) is 150 Å². The van der Waals surface area contributed by atoms with Gasteiger partial charge in [-0.15, -0.1) is 0 Å². The second-order valence-electron chi connectivity index (χ2n) is 17.0. The van der Waals surface area contributed by atoms with E-state index in [0.717, 1.165) is 50.7 Å². The van der Waals surface area contributed by atoms with Crippen LogP contribution in [0.3, 0.4) is 0 Å². The Labute approximate surface area is 346 Å². The van der Waals surface area contributed by atoms with Crippen molar-refractivity contribution in [1.82, 2.24) is 9.55 Å². The first-order valence-corrected chi connectivity index (χ1v) is 21.1. The maximum absolute atomic E-state index is 14.5. The van der Waals surface area contributed by atoms with Gasteiger partial charge in [0.05, 0.1) is 22.4 Å². The number of hydrogen-bond acceptors (Lipinski definition) is 4. The number of aryl methyl sites for hydroxylation is 1. The summed E-state index contributed by atoms with van der Waals surface area (Å²) in [4.78, 5) is 9.74. The molecule has 0 bridgehead atoms. The highest BCUT2D eigenvalue weighted by Crippen LogP contribution is 2.51. The third kappa shape index (κ3) is 6.61. The van der Waals surface area contributed by atoms with Crippen molar-refractivity contribution in [2.24, 2.45) is 0 Å². The Balaban J connectivity index is 1.07. The summed E-state index contributed by atoms with van der Waals surface area (Å²) in [5.74, 6) is 3.30. The highest BCUT2D eigenvalue weighted by Gasteiger charge is 2.33. The molecular formula is C53H49FN4O. The molecule has 0 saturated heterocycles. The first-order valence-electron chi connectivity index (χ1n) is 21.1. The Bertz CT molecular complexity index is 2860. The van der Waals surface area contributed by atoms with Crippen molar-refractivity contribution >= 4 is 44.6 Å². The normalized spacial score (nSPS) is 14.2. The SMILES string of the molecule is Cc1ccnc(-n2c3ccccc3c3ccc(Oc4cc(C5CCC5)cc(N5CN(c6c(C(C)C)cc(-c7cccc(F)c7)cc6C(C)C)c6ccccc65)c4)cc32)c1. The van der Waals surface area contributed by atoms with E-state index in [9.17, 15) is 4.39 Å². The number of rotatable bonds is 9. The molecule has 6 aromatic carbocycles.